The number of Topliss-reactive ketones (excluding diaryl/α,β-unsaturated/α-hetero) is 1. The van der Waals surface area contributed by atoms with E-state index in [1.165, 1.54) is 7.11 Å². The van der Waals surface area contributed by atoms with E-state index in [-0.39, 0.29) is 23.8 Å². The Morgan fingerprint density at radius 3 is 2.77 bits per heavy atom. The lowest BCUT2D eigenvalue weighted by atomic mass is 9.77. The number of methoxy groups -OCH3 is 1. The molecule has 2 aromatic rings. The summed E-state index contributed by atoms with van der Waals surface area (Å²) in [4.78, 5) is 12.7. The highest BCUT2D eigenvalue weighted by molar-refractivity contribution is 6.31. The topological polar surface area (TPSA) is 94.6 Å². The highest BCUT2D eigenvalue weighted by Gasteiger charge is 2.38. The molecule has 0 bridgehead atoms. The molecule has 0 fully saturated rings. The maximum Gasteiger partial charge on any atom is 0.205 e. The molecule has 1 aliphatic heterocycles. The van der Waals surface area contributed by atoms with E-state index in [9.17, 15) is 10.1 Å². The summed E-state index contributed by atoms with van der Waals surface area (Å²) < 4.78 is 17.1. The van der Waals surface area contributed by atoms with Crippen LogP contribution in [-0.4, -0.2) is 12.9 Å². The van der Waals surface area contributed by atoms with Gasteiger partial charge in [0.15, 0.2) is 17.3 Å². The Morgan fingerprint density at radius 2 is 2.03 bits per heavy atom. The molecule has 0 saturated heterocycles. The van der Waals surface area contributed by atoms with E-state index < -0.39 is 5.92 Å². The molecule has 0 saturated carbocycles. The van der Waals surface area contributed by atoms with E-state index in [0.29, 0.717) is 52.7 Å². The molecule has 0 unspecified atom stereocenters. The number of carbonyl (C=O) groups excluding carboxylic acids is 1. The molecule has 158 valence electrons. The zero-order valence-corrected chi connectivity index (χ0v) is 17.7. The molecule has 2 aromatic carbocycles. The van der Waals surface area contributed by atoms with Crippen molar-refractivity contribution >= 4 is 17.4 Å². The fraction of sp³-hybridized carbons (Fsp3) is 0.250. The van der Waals surface area contributed by atoms with E-state index in [4.69, 9.17) is 31.5 Å². The van der Waals surface area contributed by atoms with Gasteiger partial charge in [-0.3, -0.25) is 4.79 Å². The first-order chi connectivity index (χ1) is 15.0. The van der Waals surface area contributed by atoms with Crippen LogP contribution in [0.3, 0.4) is 0 Å². The lowest BCUT2D eigenvalue weighted by Crippen LogP contribution is -2.27. The van der Waals surface area contributed by atoms with E-state index >= 15 is 0 Å². The summed E-state index contributed by atoms with van der Waals surface area (Å²) >= 11 is 6.21. The van der Waals surface area contributed by atoms with Crippen molar-refractivity contribution in [2.75, 3.05) is 7.11 Å². The number of rotatable bonds is 5. The summed E-state index contributed by atoms with van der Waals surface area (Å²) in [5.74, 6) is 0.988. The second-order valence-electron chi connectivity index (χ2n) is 7.33. The molecule has 1 atom stereocenters. The van der Waals surface area contributed by atoms with Crippen molar-refractivity contribution in [2.24, 2.45) is 5.73 Å². The predicted octanol–water partition coefficient (Wildman–Crippen LogP) is 4.74. The summed E-state index contributed by atoms with van der Waals surface area (Å²) in [7, 11) is 1.54. The predicted molar refractivity (Wildman–Crippen MR) is 115 cm³/mol. The van der Waals surface area contributed by atoms with Gasteiger partial charge in [0, 0.05) is 29.0 Å². The summed E-state index contributed by atoms with van der Waals surface area (Å²) in [6.45, 7) is 0.275. The fourth-order valence-corrected chi connectivity index (χ4v) is 4.13. The number of benzene rings is 2. The van der Waals surface area contributed by atoms with Gasteiger partial charge in [0.2, 0.25) is 5.88 Å². The Balaban J connectivity index is 1.69. The molecule has 1 aliphatic carbocycles. The van der Waals surface area contributed by atoms with Crippen molar-refractivity contribution < 1.29 is 19.0 Å². The van der Waals surface area contributed by atoms with E-state index in [1.54, 1.807) is 18.2 Å². The van der Waals surface area contributed by atoms with Crippen LogP contribution < -0.4 is 15.2 Å². The zero-order valence-electron chi connectivity index (χ0n) is 17.0. The van der Waals surface area contributed by atoms with Crippen LogP contribution in [0.25, 0.3) is 0 Å². The third-order valence-corrected chi connectivity index (χ3v) is 5.84. The fourth-order valence-electron chi connectivity index (χ4n) is 3.94. The second-order valence-corrected chi connectivity index (χ2v) is 7.74. The molecule has 2 N–H and O–H groups in total. The van der Waals surface area contributed by atoms with Crippen LogP contribution in [0.15, 0.2) is 65.3 Å². The summed E-state index contributed by atoms with van der Waals surface area (Å²) in [6.07, 6.45) is 1.75. The molecular formula is C24H21ClN2O4. The normalized spacial score (nSPS) is 18.2. The molecule has 6 nitrogen and oxygen atoms in total. The summed E-state index contributed by atoms with van der Waals surface area (Å²) in [6, 6.07) is 14.9. The van der Waals surface area contributed by atoms with Gasteiger partial charge in [-0.2, -0.15) is 5.26 Å². The monoisotopic (exact) mass is 436 g/mol. The largest absolute Gasteiger partial charge is 0.493 e. The molecule has 0 spiro atoms. The highest BCUT2D eigenvalue weighted by atomic mass is 35.5. The smallest absolute Gasteiger partial charge is 0.205 e. The van der Waals surface area contributed by atoms with Gasteiger partial charge in [0.05, 0.1) is 13.0 Å². The van der Waals surface area contributed by atoms with Crippen molar-refractivity contribution in [3.8, 4) is 17.6 Å². The van der Waals surface area contributed by atoms with E-state index in [0.717, 1.165) is 5.56 Å². The van der Waals surface area contributed by atoms with Crippen LogP contribution in [0, 0.1) is 11.3 Å². The zero-order chi connectivity index (χ0) is 22.0. The van der Waals surface area contributed by atoms with Crippen molar-refractivity contribution in [3.63, 3.8) is 0 Å². The first-order valence-electron chi connectivity index (χ1n) is 9.91. The Kier molecular flexibility index (Phi) is 5.88. The lowest BCUT2D eigenvalue weighted by molar-refractivity contribution is -0.116. The molecule has 0 radical (unpaired) electrons. The average molecular weight is 437 g/mol. The number of hydrogen-bond donors (Lipinski definition) is 1. The number of hydrogen-bond acceptors (Lipinski definition) is 6. The minimum Gasteiger partial charge on any atom is -0.493 e. The number of ether oxygens (including phenoxy) is 3. The third kappa shape index (κ3) is 3.97. The third-order valence-electron chi connectivity index (χ3n) is 5.47. The minimum absolute atomic E-state index is 0.0236. The van der Waals surface area contributed by atoms with Crippen molar-refractivity contribution in [2.45, 2.75) is 31.8 Å². The summed E-state index contributed by atoms with van der Waals surface area (Å²) in [5, 5.41) is 10.3. The number of halogens is 1. The number of ketones is 1. The second kappa shape index (κ2) is 8.75. The molecule has 0 aromatic heterocycles. The van der Waals surface area contributed by atoms with Crippen molar-refractivity contribution in [1.82, 2.24) is 0 Å². The van der Waals surface area contributed by atoms with E-state index in [1.807, 2.05) is 24.3 Å². The number of carbonyl (C=O) groups is 1. The molecule has 0 amide bonds. The quantitative estimate of drug-likeness (QED) is 0.727. The first-order valence-corrected chi connectivity index (χ1v) is 10.3. The van der Waals surface area contributed by atoms with Crippen LogP contribution in [0.2, 0.25) is 5.02 Å². The number of nitriles is 1. The minimum atomic E-state index is -0.590. The van der Waals surface area contributed by atoms with Crippen molar-refractivity contribution in [3.05, 3.63) is 81.4 Å². The molecule has 2 aliphatic rings. The van der Waals surface area contributed by atoms with Gasteiger partial charge in [-0.25, -0.2) is 0 Å². The van der Waals surface area contributed by atoms with Gasteiger partial charge in [0.25, 0.3) is 0 Å². The Labute approximate surface area is 185 Å². The lowest BCUT2D eigenvalue weighted by Gasteiger charge is -2.31. The van der Waals surface area contributed by atoms with Crippen LogP contribution in [-0.2, 0) is 16.1 Å². The maximum absolute atomic E-state index is 12.7. The Morgan fingerprint density at radius 1 is 1.23 bits per heavy atom. The highest BCUT2D eigenvalue weighted by Crippen LogP contribution is 2.45. The van der Waals surface area contributed by atoms with Gasteiger partial charge in [-0.05, 0) is 30.2 Å². The van der Waals surface area contributed by atoms with Crippen LogP contribution in [0.1, 0.15) is 36.3 Å². The maximum atomic E-state index is 12.7. The van der Waals surface area contributed by atoms with Gasteiger partial charge >= 0.3 is 0 Å². The molecular weight excluding hydrogens is 416 g/mol. The number of nitrogens with zero attached hydrogens (tertiary/aromatic N) is 1. The molecule has 31 heavy (non-hydrogen) atoms. The summed E-state index contributed by atoms with van der Waals surface area (Å²) in [5.41, 5.74) is 8.31. The molecule has 1 heterocycles. The van der Waals surface area contributed by atoms with Gasteiger partial charge in [0.1, 0.15) is 24.0 Å². The average Bonchev–Trinajstić information content (AvgIpc) is 2.77. The van der Waals surface area contributed by atoms with Crippen LogP contribution >= 0.6 is 11.6 Å². The van der Waals surface area contributed by atoms with Gasteiger partial charge < -0.3 is 19.9 Å². The standard InChI is InChI=1S/C24H21ClN2O4/c1-29-21-11-14(9-10-19(21)30-13-15-5-2-3-6-17(15)25)22-16(12-26)24(27)31-20-8-4-7-18(28)23(20)22/h2-3,5-6,9-11,22H,4,7-8,13,27H2,1H3/t22-/m0/s1. The van der Waals surface area contributed by atoms with Crippen molar-refractivity contribution in [1.29, 1.82) is 5.26 Å². The number of nitrogens with two attached hydrogens (primary N) is 1. The number of allylic oxidation sites excluding steroid dienone is 3. The first kappa shape index (κ1) is 20.8. The SMILES string of the molecule is COc1cc([C@H]2C(C#N)=C(N)OC3=C2C(=O)CCC3)ccc1OCc1ccccc1Cl. The molecule has 4 rings (SSSR count). The van der Waals surface area contributed by atoms with Crippen LogP contribution in [0.5, 0.6) is 11.5 Å². The Bertz CT molecular complexity index is 1150. The molecule has 7 heteroatoms. The van der Waals surface area contributed by atoms with Crippen LogP contribution in [0.4, 0.5) is 0 Å². The van der Waals surface area contributed by atoms with Gasteiger partial charge in [-0.15, -0.1) is 0 Å². The van der Waals surface area contributed by atoms with Gasteiger partial charge in [-0.1, -0.05) is 35.9 Å². The van der Waals surface area contributed by atoms with E-state index in [2.05, 4.69) is 6.07 Å². The Hall–Kier alpha value is -3.43.